The van der Waals surface area contributed by atoms with Crippen LogP contribution in [0.2, 0.25) is 0 Å². The molecule has 0 spiro atoms. The van der Waals surface area contributed by atoms with E-state index in [1.165, 1.54) is 15.9 Å². The van der Waals surface area contributed by atoms with Crippen LogP contribution in [0.3, 0.4) is 0 Å². The zero-order valence-corrected chi connectivity index (χ0v) is 22.5. The molecule has 0 fully saturated rings. The highest BCUT2D eigenvalue weighted by atomic mass is 31.2. The molecule has 190 valence electrons. The molecule has 0 bridgehead atoms. The van der Waals surface area contributed by atoms with Gasteiger partial charge in [-0.05, 0) is 54.1 Å². The van der Waals surface area contributed by atoms with Crippen molar-refractivity contribution in [3.8, 4) is 0 Å². The fraction of sp³-hybridized carbons (Fsp3) is 0.0857. The summed E-state index contributed by atoms with van der Waals surface area (Å²) in [4.78, 5) is 19.0. The van der Waals surface area contributed by atoms with Crippen molar-refractivity contribution in [2.45, 2.75) is 12.0 Å². The normalized spacial score (nSPS) is 16.9. The highest BCUT2D eigenvalue weighted by Crippen LogP contribution is 2.57. The number of aliphatic imine (C=N–C) groups is 1. The van der Waals surface area contributed by atoms with Gasteiger partial charge in [-0.15, -0.1) is 0 Å². The second-order valence-corrected chi connectivity index (χ2v) is 13.3. The predicted molar refractivity (Wildman–Crippen MR) is 162 cm³/mol. The van der Waals surface area contributed by atoms with Crippen molar-refractivity contribution in [1.29, 1.82) is 0 Å². The highest BCUT2D eigenvalue weighted by Gasteiger charge is 2.53. The molecule has 1 heterocycles. The lowest BCUT2D eigenvalue weighted by Gasteiger charge is -2.31. The first-order valence-corrected chi connectivity index (χ1v) is 15.2. The Morgan fingerprint density at radius 1 is 0.564 bits per heavy atom. The summed E-state index contributed by atoms with van der Waals surface area (Å²) in [5.41, 5.74) is 0.530. The maximum atomic E-state index is 13.9. The summed E-state index contributed by atoms with van der Waals surface area (Å²) >= 11 is 0. The van der Waals surface area contributed by atoms with E-state index >= 15 is 0 Å². The van der Waals surface area contributed by atoms with Gasteiger partial charge in [0.1, 0.15) is 23.2 Å². The first-order valence-electron chi connectivity index (χ1n) is 13.2. The molecular formula is C35H29NO2P+. The van der Waals surface area contributed by atoms with E-state index in [0.717, 1.165) is 17.3 Å². The molecular weight excluding hydrogens is 497 g/mol. The summed E-state index contributed by atoms with van der Waals surface area (Å²) < 4.78 is 5.92. The zero-order valence-electron chi connectivity index (χ0n) is 21.6. The Morgan fingerprint density at radius 3 is 1.44 bits per heavy atom. The molecule has 6 rings (SSSR count). The van der Waals surface area contributed by atoms with Crippen LogP contribution in [0.15, 0.2) is 157 Å². The number of benzene rings is 5. The Bertz CT molecular complexity index is 1480. The van der Waals surface area contributed by atoms with Crippen molar-refractivity contribution in [1.82, 2.24) is 0 Å². The van der Waals surface area contributed by atoms with Crippen LogP contribution in [0, 0.1) is 0 Å². The average Bonchev–Trinajstić information content (AvgIpc) is 3.37. The largest absolute Gasteiger partial charge is 0.405 e. The third-order valence-corrected chi connectivity index (χ3v) is 11.9. The molecule has 1 atom stereocenters. The zero-order chi connectivity index (χ0) is 26.5. The lowest BCUT2D eigenvalue weighted by Crippen LogP contribution is -2.38. The molecule has 0 amide bonds. The molecule has 5 aromatic rings. The number of hydrogen-bond acceptors (Lipinski definition) is 3. The van der Waals surface area contributed by atoms with E-state index in [4.69, 9.17) is 9.73 Å². The Morgan fingerprint density at radius 2 is 0.974 bits per heavy atom. The smallest absolute Gasteiger partial charge is 0.345 e. The van der Waals surface area contributed by atoms with E-state index in [9.17, 15) is 4.79 Å². The van der Waals surface area contributed by atoms with Crippen molar-refractivity contribution >= 4 is 35.0 Å². The SMILES string of the molecule is O=C1OC(c2ccccc2)=NC1(CC[P+](c1ccccc1)(c1ccccc1)c1ccccc1)c1ccccc1. The van der Waals surface area contributed by atoms with Gasteiger partial charge in [0.05, 0.1) is 6.16 Å². The van der Waals surface area contributed by atoms with Crippen LogP contribution in [0.5, 0.6) is 0 Å². The maximum Gasteiger partial charge on any atom is 0.345 e. The van der Waals surface area contributed by atoms with E-state index in [2.05, 4.69) is 91.0 Å². The van der Waals surface area contributed by atoms with E-state index in [1.807, 2.05) is 60.7 Å². The molecule has 3 nitrogen and oxygen atoms in total. The fourth-order valence-electron chi connectivity index (χ4n) is 5.53. The first kappa shape index (κ1) is 25.0. The predicted octanol–water partition coefficient (Wildman–Crippen LogP) is 6.27. The van der Waals surface area contributed by atoms with Gasteiger partial charge in [0.2, 0.25) is 5.90 Å². The number of carbonyl (C=O) groups is 1. The Labute approximate surface area is 230 Å². The molecule has 0 radical (unpaired) electrons. The molecule has 0 aliphatic carbocycles. The van der Waals surface area contributed by atoms with Gasteiger partial charge in [-0.3, -0.25) is 0 Å². The number of nitrogens with zero attached hydrogens (tertiary/aromatic N) is 1. The number of rotatable bonds is 8. The minimum Gasteiger partial charge on any atom is -0.405 e. The lowest BCUT2D eigenvalue weighted by atomic mass is 9.88. The van der Waals surface area contributed by atoms with E-state index in [-0.39, 0.29) is 5.97 Å². The van der Waals surface area contributed by atoms with Crippen molar-refractivity contribution in [2.24, 2.45) is 4.99 Å². The van der Waals surface area contributed by atoms with Gasteiger partial charge in [-0.2, -0.15) is 0 Å². The van der Waals surface area contributed by atoms with Gasteiger partial charge < -0.3 is 4.74 Å². The van der Waals surface area contributed by atoms with Gasteiger partial charge in [0.25, 0.3) is 0 Å². The monoisotopic (exact) mass is 526 g/mol. The third kappa shape index (κ3) is 4.60. The van der Waals surface area contributed by atoms with Crippen molar-refractivity contribution in [3.05, 3.63) is 163 Å². The van der Waals surface area contributed by atoms with Crippen LogP contribution in [-0.2, 0) is 15.1 Å². The molecule has 0 aromatic heterocycles. The molecule has 1 aliphatic rings. The molecule has 39 heavy (non-hydrogen) atoms. The summed E-state index contributed by atoms with van der Waals surface area (Å²) in [5.74, 6) is 0.0624. The second-order valence-electron chi connectivity index (χ2n) is 9.69. The summed E-state index contributed by atoms with van der Waals surface area (Å²) in [5, 5.41) is 3.85. The molecule has 0 saturated carbocycles. The van der Waals surface area contributed by atoms with Crippen molar-refractivity contribution in [2.75, 3.05) is 6.16 Å². The van der Waals surface area contributed by atoms with Crippen molar-refractivity contribution in [3.63, 3.8) is 0 Å². The van der Waals surface area contributed by atoms with Crippen LogP contribution in [0.4, 0.5) is 0 Å². The van der Waals surface area contributed by atoms with Crippen LogP contribution >= 0.6 is 7.26 Å². The van der Waals surface area contributed by atoms with Crippen molar-refractivity contribution < 1.29 is 9.53 Å². The number of carbonyl (C=O) groups excluding carboxylic acids is 1. The van der Waals surface area contributed by atoms with Gasteiger partial charge in [0.15, 0.2) is 5.54 Å². The van der Waals surface area contributed by atoms with E-state index in [0.29, 0.717) is 12.3 Å². The number of hydrogen-bond donors (Lipinski definition) is 0. The summed E-state index contributed by atoms with van der Waals surface area (Å²) in [6.45, 7) is 0. The topological polar surface area (TPSA) is 38.7 Å². The number of ether oxygens (including phenoxy) is 1. The van der Waals surface area contributed by atoms with Gasteiger partial charge in [0, 0.05) is 12.0 Å². The van der Waals surface area contributed by atoms with Gasteiger partial charge in [-0.25, -0.2) is 9.79 Å². The van der Waals surface area contributed by atoms with Crippen LogP contribution < -0.4 is 15.9 Å². The number of esters is 1. The molecule has 1 unspecified atom stereocenters. The molecule has 5 aromatic carbocycles. The summed E-state index contributed by atoms with van der Waals surface area (Å²) in [6, 6.07) is 51.8. The minimum absolute atomic E-state index is 0.320. The standard InChI is InChI=1S/C35H29NO2P/c37-34-35(29-18-8-2-9-19-29,36-33(38-34)28-16-6-1-7-17-28)26-27-39(30-20-10-3-11-21-30,31-22-12-4-13-23-31)32-24-14-5-15-25-32/h1-25H,26-27H2/q+1. The Kier molecular flexibility index (Phi) is 6.92. The molecule has 4 heteroatoms. The van der Waals surface area contributed by atoms with Gasteiger partial charge in [-0.1, -0.05) is 103 Å². The number of cyclic esters (lactones) is 1. The van der Waals surface area contributed by atoms with Crippen LogP contribution in [0.1, 0.15) is 17.5 Å². The summed E-state index contributed by atoms with van der Waals surface area (Å²) in [7, 11) is -2.16. The quantitative estimate of drug-likeness (QED) is 0.177. The first-order chi connectivity index (χ1) is 19.2. The second kappa shape index (κ2) is 10.8. The van der Waals surface area contributed by atoms with E-state index in [1.54, 1.807) is 0 Å². The highest BCUT2D eigenvalue weighted by molar-refractivity contribution is 7.95. The van der Waals surface area contributed by atoms with Crippen LogP contribution in [0.25, 0.3) is 0 Å². The maximum absolute atomic E-state index is 13.9. The summed E-state index contributed by atoms with van der Waals surface area (Å²) in [6.07, 6.45) is 1.26. The Hall–Kier alpha value is -4.33. The lowest BCUT2D eigenvalue weighted by molar-refractivity contribution is -0.139. The van der Waals surface area contributed by atoms with E-state index < -0.39 is 12.8 Å². The molecule has 0 N–H and O–H groups in total. The Balaban J connectivity index is 1.53. The van der Waals surface area contributed by atoms with Crippen LogP contribution in [-0.4, -0.2) is 18.0 Å². The average molecular weight is 527 g/mol. The van der Waals surface area contributed by atoms with Gasteiger partial charge >= 0.3 is 5.97 Å². The third-order valence-electron chi connectivity index (χ3n) is 7.49. The molecule has 0 saturated heterocycles. The minimum atomic E-state index is -2.16. The molecule has 1 aliphatic heterocycles. The fourth-order valence-corrected chi connectivity index (χ4v) is 9.90.